The van der Waals surface area contributed by atoms with Gasteiger partial charge in [0.15, 0.2) is 11.4 Å². The zero-order chi connectivity index (χ0) is 18.4. The fourth-order valence-corrected chi connectivity index (χ4v) is 2.85. The van der Waals surface area contributed by atoms with E-state index < -0.39 is 11.7 Å². The minimum Gasteiger partial charge on any atom is -0.379 e. The Kier molecular flexibility index (Phi) is 6.51. The largest absolute Gasteiger partial charge is 0.379 e. The summed E-state index contributed by atoms with van der Waals surface area (Å²) in [6, 6.07) is 15.0. The van der Waals surface area contributed by atoms with Crippen molar-refractivity contribution in [2.75, 3.05) is 6.61 Å². The molecule has 2 rings (SSSR count). The first-order chi connectivity index (χ1) is 11.9. The molecule has 0 amide bonds. The number of aliphatic hydroxyl groups is 1. The second-order valence-corrected chi connectivity index (χ2v) is 6.79. The summed E-state index contributed by atoms with van der Waals surface area (Å²) in [7, 11) is 0. The maximum absolute atomic E-state index is 13.0. The van der Waals surface area contributed by atoms with Gasteiger partial charge in [-0.1, -0.05) is 55.8 Å². The van der Waals surface area contributed by atoms with Gasteiger partial charge in [0, 0.05) is 12.2 Å². The van der Waals surface area contributed by atoms with Gasteiger partial charge < -0.3 is 9.84 Å². The Bertz CT molecular complexity index is 704. The summed E-state index contributed by atoms with van der Waals surface area (Å²) in [6.45, 7) is 8.11. The normalized spacial score (nSPS) is 14.8. The molecule has 0 aliphatic carbocycles. The van der Waals surface area contributed by atoms with E-state index in [1.54, 1.807) is 13.0 Å². The van der Waals surface area contributed by atoms with E-state index in [9.17, 15) is 9.90 Å². The van der Waals surface area contributed by atoms with E-state index in [1.165, 1.54) is 0 Å². The van der Waals surface area contributed by atoms with Gasteiger partial charge in [-0.3, -0.25) is 4.79 Å². The van der Waals surface area contributed by atoms with Crippen molar-refractivity contribution in [2.24, 2.45) is 0 Å². The number of aryl methyl sites for hydroxylation is 2. The number of benzene rings is 2. The van der Waals surface area contributed by atoms with Gasteiger partial charge in [0.25, 0.3) is 0 Å². The number of carbonyl (C=O) groups excluding carboxylic acids is 1. The van der Waals surface area contributed by atoms with E-state index in [1.807, 2.05) is 56.3 Å². The molecule has 0 bridgehead atoms. The molecule has 2 aromatic rings. The molecule has 0 aliphatic rings. The van der Waals surface area contributed by atoms with Crippen molar-refractivity contribution in [1.29, 1.82) is 0 Å². The third kappa shape index (κ3) is 4.56. The highest BCUT2D eigenvalue weighted by Crippen LogP contribution is 2.33. The third-order valence-electron chi connectivity index (χ3n) is 4.62. The summed E-state index contributed by atoms with van der Waals surface area (Å²) in [5.74, 6) is -0.319. The van der Waals surface area contributed by atoms with Gasteiger partial charge in [-0.05, 0) is 49.9 Å². The molecule has 2 unspecified atom stereocenters. The molecule has 1 N–H and O–H groups in total. The van der Waals surface area contributed by atoms with Gasteiger partial charge in [-0.25, -0.2) is 0 Å². The molecule has 0 radical (unpaired) electrons. The maximum Gasteiger partial charge on any atom is 0.197 e. The lowest BCUT2D eigenvalue weighted by Crippen LogP contribution is -2.43. The van der Waals surface area contributed by atoms with Gasteiger partial charge in [0.05, 0.1) is 0 Å². The third-order valence-corrected chi connectivity index (χ3v) is 4.62. The lowest BCUT2D eigenvalue weighted by atomic mass is 9.85. The number of ether oxygens (including phenoxy) is 1. The van der Waals surface area contributed by atoms with Crippen LogP contribution in [0.25, 0.3) is 0 Å². The van der Waals surface area contributed by atoms with Crippen LogP contribution in [0.3, 0.4) is 0 Å². The van der Waals surface area contributed by atoms with Crippen LogP contribution in [0.1, 0.15) is 59.8 Å². The van der Waals surface area contributed by atoms with Gasteiger partial charge in [0.1, 0.15) is 6.10 Å². The first-order valence-electron chi connectivity index (χ1n) is 8.89. The number of carbonyl (C=O) groups is 1. The lowest BCUT2D eigenvalue weighted by molar-refractivity contribution is -0.0800. The predicted molar refractivity (Wildman–Crippen MR) is 101 cm³/mol. The smallest absolute Gasteiger partial charge is 0.197 e. The van der Waals surface area contributed by atoms with E-state index in [-0.39, 0.29) is 5.78 Å². The summed E-state index contributed by atoms with van der Waals surface area (Å²) in [6.07, 6.45) is 1.18. The SMILES string of the molecule is CCCCOC(c1ccccc1)C(C)(O)C(=O)c1ccc(C)c(C)c1. The molecule has 25 heavy (non-hydrogen) atoms. The molecular weight excluding hydrogens is 312 g/mol. The Morgan fingerprint density at radius 2 is 1.80 bits per heavy atom. The highest BCUT2D eigenvalue weighted by Gasteiger charge is 2.41. The second kappa shape index (κ2) is 8.41. The molecule has 0 saturated heterocycles. The van der Waals surface area contributed by atoms with Crippen molar-refractivity contribution >= 4 is 5.78 Å². The lowest BCUT2D eigenvalue weighted by Gasteiger charge is -2.32. The van der Waals surface area contributed by atoms with E-state index in [0.29, 0.717) is 12.2 Å². The molecule has 0 fully saturated rings. The molecule has 2 aromatic carbocycles. The summed E-state index contributed by atoms with van der Waals surface area (Å²) >= 11 is 0. The van der Waals surface area contributed by atoms with Gasteiger partial charge in [0.2, 0.25) is 0 Å². The predicted octanol–water partition coefficient (Wildman–Crippen LogP) is 4.80. The van der Waals surface area contributed by atoms with Crippen LogP contribution in [0, 0.1) is 13.8 Å². The maximum atomic E-state index is 13.0. The first kappa shape index (κ1) is 19.4. The number of hydrogen-bond acceptors (Lipinski definition) is 3. The molecule has 0 spiro atoms. The minimum absolute atomic E-state index is 0.319. The van der Waals surface area contributed by atoms with Crippen LogP contribution in [0.2, 0.25) is 0 Å². The topological polar surface area (TPSA) is 46.5 Å². The minimum atomic E-state index is -1.64. The van der Waals surface area contributed by atoms with Gasteiger partial charge in [-0.2, -0.15) is 0 Å². The van der Waals surface area contributed by atoms with Crippen LogP contribution in [-0.2, 0) is 4.74 Å². The average Bonchev–Trinajstić information content (AvgIpc) is 2.61. The molecule has 0 saturated carbocycles. The van der Waals surface area contributed by atoms with Crippen molar-refractivity contribution in [3.8, 4) is 0 Å². The standard InChI is InChI=1S/C22H28O3/c1-5-6-14-25-21(18-10-8-7-9-11-18)22(4,24)20(23)19-13-12-16(2)17(3)15-19/h7-13,15,21,24H,5-6,14H2,1-4H3. The number of Topliss-reactive ketones (excluding diaryl/α,β-unsaturated/α-hetero) is 1. The fraction of sp³-hybridized carbons (Fsp3) is 0.409. The van der Waals surface area contributed by atoms with Crippen LogP contribution >= 0.6 is 0 Å². The zero-order valence-electron chi connectivity index (χ0n) is 15.6. The van der Waals surface area contributed by atoms with Crippen molar-refractivity contribution in [3.63, 3.8) is 0 Å². The molecule has 0 heterocycles. The van der Waals surface area contributed by atoms with Crippen LogP contribution in [0.4, 0.5) is 0 Å². The molecular formula is C22H28O3. The first-order valence-corrected chi connectivity index (χ1v) is 8.89. The van der Waals surface area contributed by atoms with E-state index in [0.717, 1.165) is 29.5 Å². The van der Waals surface area contributed by atoms with Crippen LogP contribution < -0.4 is 0 Å². The van der Waals surface area contributed by atoms with Gasteiger partial charge in [-0.15, -0.1) is 0 Å². The summed E-state index contributed by atoms with van der Waals surface area (Å²) in [5.41, 5.74) is 1.82. The highest BCUT2D eigenvalue weighted by molar-refractivity contribution is 6.02. The monoisotopic (exact) mass is 340 g/mol. The van der Waals surface area contributed by atoms with Gasteiger partial charge >= 0.3 is 0 Å². The Hall–Kier alpha value is -1.97. The van der Waals surface area contributed by atoms with Crippen molar-refractivity contribution in [3.05, 3.63) is 70.8 Å². The Labute approximate surface area is 150 Å². The number of unbranched alkanes of at least 4 members (excludes halogenated alkanes) is 1. The molecule has 0 aromatic heterocycles. The molecule has 3 nitrogen and oxygen atoms in total. The fourth-order valence-electron chi connectivity index (χ4n) is 2.85. The summed E-state index contributed by atoms with van der Waals surface area (Å²) in [4.78, 5) is 13.0. The molecule has 3 heteroatoms. The highest BCUT2D eigenvalue weighted by atomic mass is 16.5. The van der Waals surface area contributed by atoms with E-state index >= 15 is 0 Å². The Balaban J connectivity index is 2.35. The van der Waals surface area contributed by atoms with Crippen molar-refractivity contribution < 1.29 is 14.6 Å². The van der Waals surface area contributed by atoms with E-state index in [2.05, 4.69) is 6.92 Å². The summed E-state index contributed by atoms with van der Waals surface area (Å²) < 4.78 is 5.96. The molecule has 0 aliphatic heterocycles. The van der Waals surface area contributed by atoms with Crippen LogP contribution in [0.15, 0.2) is 48.5 Å². The van der Waals surface area contributed by atoms with Crippen LogP contribution in [-0.4, -0.2) is 23.1 Å². The number of ketones is 1. The quantitative estimate of drug-likeness (QED) is 0.555. The average molecular weight is 340 g/mol. The van der Waals surface area contributed by atoms with Crippen molar-refractivity contribution in [1.82, 2.24) is 0 Å². The number of hydrogen-bond donors (Lipinski definition) is 1. The van der Waals surface area contributed by atoms with Crippen molar-refractivity contribution in [2.45, 2.75) is 52.2 Å². The Morgan fingerprint density at radius 3 is 2.40 bits per heavy atom. The second-order valence-electron chi connectivity index (χ2n) is 6.79. The van der Waals surface area contributed by atoms with Crippen LogP contribution in [0.5, 0.6) is 0 Å². The zero-order valence-corrected chi connectivity index (χ0v) is 15.6. The number of rotatable bonds is 8. The van der Waals surface area contributed by atoms with E-state index in [4.69, 9.17) is 4.74 Å². The summed E-state index contributed by atoms with van der Waals surface area (Å²) in [5, 5.41) is 11.1. The Morgan fingerprint density at radius 1 is 1.12 bits per heavy atom. The molecule has 134 valence electrons. The molecule has 2 atom stereocenters.